The van der Waals surface area contributed by atoms with E-state index in [1.807, 2.05) is 0 Å². The molecule has 1 rings (SSSR count). The lowest BCUT2D eigenvalue weighted by atomic mass is 10.1. The third-order valence-corrected chi connectivity index (χ3v) is 1.92. The predicted octanol–water partition coefficient (Wildman–Crippen LogP) is 0.528. The molecule has 1 fully saturated rings. The summed E-state index contributed by atoms with van der Waals surface area (Å²) in [4.78, 5) is 0. The topological polar surface area (TPSA) is 46.2 Å². The second-order valence-electron chi connectivity index (χ2n) is 2.49. The molecule has 0 aromatic carbocycles. The molecule has 0 unspecified atom stereocenters. The average Bonchev–Trinajstić information content (AvgIpc) is 2.14. The van der Waals surface area contributed by atoms with Crippen LogP contribution in [-0.2, 0) is 0 Å². The highest BCUT2D eigenvalue weighted by Crippen LogP contribution is 2.23. The van der Waals surface area contributed by atoms with Crippen LogP contribution in [0.4, 0.5) is 0 Å². The van der Waals surface area contributed by atoms with Gasteiger partial charge in [0.1, 0.15) is 0 Å². The molecule has 0 aromatic heterocycles. The van der Waals surface area contributed by atoms with Crippen molar-refractivity contribution in [2.24, 2.45) is 11.7 Å². The SMILES string of the molecule is Cl.NC[C@@H]1CCC[C@@H]1O. The molecular weight excluding hydrogens is 138 g/mol. The van der Waals surface area contributed by atoms with Crippen molar-refractivity contribution in [3.05, 3.63) is 0 Å². The lowest BCUT2D eigenvalue weighted by molar-refractivity contribution is 0.136. The van der Waals surface area contributed by atoms with E-state index in [-0.39, 0.29) is 18.5 Å². The van der Waals surface area contributed by atoms with Gasteiger partial charge in [0.25, 0.3) is 0 Å². The number of nitrogens with two attached hydrogens (primary N) is 1. The van der Waals surface area contributed by atoms with E-state index in [0.29, 0.717) is 12.5 Å². The van der Waals surface area contributed by atoms with Gasteiger partial charge in [-0.25, -0.2) is 0 Å². The molecule has 3 heteroatoms. The highest BCUT2D eigenvalue weighted by Gasteiger charge is 2.22. The molecule has 2 atom stereocenters. The number of halogens is 1. The van der Waals surface area contributed by atoms with E-state index in [1.165, 1.54) is 0 Å². The second kappa shape index (κ2) is 4.09. The fourth-order valence-electron chi connectivity index (χ4n) is 1.29. The first kappa shape index (κ1) is 9.21. The fraction of sp³-hybridized carbons (Fsp3) is 1.00. The van der Waals surface area contributed by atoms with Crippen LogP contribution in [0.5, 0.6) is 0 Å². The monoisotopic (exact) mass is 151 g/mol. The van der Waals surface area contributed by atoms with Crippen LogP contribution < -0.4 is 5.73 Å². The minimum atomic E-state index is -0.0972. The Morgan fingerprint density at radius 2 is 2.11 bits per heavy atom. The van der Waals surface area contributed by atoms with Crippen molar-refractivity contribution >= 4 is 12.4 Å². The maximum Gasteiger partial charge on any atom is 0.0580 e. The van der Waals surface area contributed by atoms with Crippen LogP contribution in [0.1, 0.15) is 19.3 Å². The van der Waals surface area contributed by atoms with Crippen LogP contribution >= 0.6 is 12.4 Å². The molecule has 3 N–H and O–H groups in total. The van der Waals surface area contributed by atoms with Crippen molar-refractivity contribution in [3.8, 4) is 0 Å². The van der Waals surface area contributed by atoms with Gasteiger partial charge < -0.3 is 10.8 Å². The van der Waals surface area contributed by atoms with E-state index >= 15 is 0 Å². The Morgan fingerprint density at radius 3 is 2.33 bits per heavy atom. The Bertz CT molecular complexity index is 79.5. The molecular formula is C6H14ClNO. The van der Waals surface area contributed by atoms with Crippen molar-refractivity contribution in [2.75, 3.05) is 6.54 Å². The molecule has 0 saturated heterocycles. The summed E-state index contributed by atoms with van der Waals surface area (Å²) < 4.78 is 0. The summed E-state index contributed by atoms with van der Waals surface area (Å²) in [6, 6.07) is 0. The summed E-state index contributed by atoms with van der Waals surface area (Å²) in [7, 11) is 0. The van der Waals surface area contributed by atoms with Crippen LogP contribution in [0, 0.1) is 5.92 Å². The molecule has 1 aliphatic carbocycles. The molecule has 0 amide bonds. The Morgan fingerprint density at radius 1 is 1.44 bits per heavy atom. The molecule has 0 aliphatic heterocycles. The molecule has 56 valence electrons. The molecule has 0 radical (unpaired) electrons. The fourth-order valence-corrected chi connectivity index (χ4v) is 1.29. The lowest BCUT2D eigenvalue weighted by Gasteiger charge is -2.09. The third-order valence-electron chi connectivity index (χ3n) is 1.92. The van der Waals surface area contributed by atoms with E-state index in [2.05, 4.69) is 0 Å². The lowest BCUT2D eigenvalue weighted by Crippen LogP contribution is -2.21. The first-order chi connectivity index (χ1) is 3.84. The Labute approximate surface area is 61.8 Å². The maximum atomic E-state index is 9.11. The highest BCUT2D eigenvalue weighted by atomic mass is 35.5. The van der Waals surface area contributed by atoms with Crippen molar-refractivity contribution in [1.29, 1.82) is 0 Å². The molecule has 9 heavy (non-hydrogen) atoms. The van der Waals surface area contributed by atoms with Gasteiger partial charge in [-0.15, -0.1) is 12.4 Å². The van der Waals surface area contributed by atoms with E-state index in [0.717, 1.165) is 19.3 Å². The number of rotatable bonds is 1. The van der Waals surface area contributed by atoms with Crippen molar-refractivity contribution in [2.45, 2.75) is 25.4 Å². The molecule has 1 aliphatic rings. The van der Waals surface area contributed by atoms with E-state index in [1.54, 1.807) is 0 Å². The van der Waals surface area contributed by atoms with E-state index < -0.39 is 0 Å². The molecule has 2 nitrogen and oxygen atoms in total. The second-order valence-corrected chi connectivity index (χ2v) is 2.49. The van der Waals surface area contributed by atoms with E-state index in [9.17, 15) is 0 Å². The largest absolute Gasteiger partial charge is 0.393 e. The normalized spacial score (nSPS) is 34.0. The molecule has 0 bridgehead atoms. The van der Waals surface area contributed by atoms with Crippen molar-refractivity contribution < 1.29 is 5.11 Å². The molecule has 0 heterocycles. The first-order valence-electron chi connectivity index (χ1n) is 3.22. The zero-order valence-corrected chi connectivity index (χ0v) is 6.23. The minimum Gasteiger partial charge on any atom is -0.393 e. The predicted molar refractivity (Wildman–Crippen MR) is 39.7 cm³/mol. The Kier molecular flexibility index (Phi) is 4.19. The summed E-state index contributed by atoms with van der Waals surface area (Å²) in [6.07, 6.45) is 3.14. The first-order valence-corrected chi connectivity index (χ1v) is 3.22. The molecule has 0 spiro atoms. The van der Waals surface area contributed by atoms with Crippen molar-refractivity contribution in [3.63, 3.8) is 0 Å². The van der Waals surface area contributed by atoms with Crippen molar-refractivity contribution in [1.82, 2.24) is 0 Å². The third kappa shape index (κ3) is 2.12. The van der Waals surface area contributed by atoms with Gasteiger partial charge in [0.05, 0.1) is 6.10 Å². The summed E-state index contributed by atoms with van der Waals surface area (Å²) in [5, 5.41) is 9.11. The van der Waals surface area contributed by atoms with Crippen LogP contribution in [-0.4, -0.2) is 17.8 Å². The van der Waals surface area contributed by atoms with Gasteiger partial charge >= 0.3 is 0 Å². The van der Waals surface area contributed by atoms with Crippen LogP contribution in [0.15, 0.2) is 0 Å². The summed E-state index contributed by atoms with van der Waals surface area (Å²) >= 11 is 0. The van der Waals surface area contributed by atoms with Gasteiger partial charge in [0.2, 0.25) is 0 Å². The number of hydrogen-bond donors (Lipinski definition) is 2. The summed E-state index contributed by atoms with van der Waals surface area (Å²) in [6.45, 7) is 0.654. The molecule has 0 aromatic rings. The highest BCUT2D eigenvalue weighted by molar-refractivity contribution is 5.85. The smallest absolute Gasteiger partial charge is 0.0580 e. The number of hydrogen-bond acceptors (Lipinski definition) is 2. The average molecular weight is 152 g/mol. The number of aliphatic hydroxyl groups is 1. The van der Waals surface area contributed by atoms with Crippen LogP contribution in [0.25, 0.3) is 0 Å². The summed E-state index contributed by atoms with van der Waals surface area (Å²) in [5.41, 5.74) is 5.36. The van der Waals surface area contributed by atoms with Gasteiger partial charge in [-0.2, -0.15) is 0 Å². The Balaban J connectivity index is 0.000000640. The van der Waals surface area contributed by atoms with Gasteiger partial charge in [-0.05, 0) is 25.3 Å². The summed E-state index contributed by atoms with van der Waals surface area (Å²) in [5.74, 6) is 0.398. The van der Waals surface area contributed by atoms with Crippen LogP contribution in [0.2, 0.25) is 0 Å². The minimum absolute atomic E-state index is 0. The maximum absolute atomic E-state index is 9.11. The zero-order valence-electron chi connectivity index (χ0n) is 5.42. The van der Waals surface area contributed by atoms with Gasteiger partial charge in [-0.1, -0.05) is 6.42 Å². The van der Waals surface area contributed by atoms with Gasteiger partial charge in [0.15, 0.2) is 0 Å². The van der Waals surface area contributed by atoms with E-state index in [4.69, 9.17) is 10.8 Å². The zero-order chi connectivity index (χ0) is 5.98. The number of aliphatic hydroxyl groups excluding tert-OH is 1. The quantitative estimate of drug-likeness (QED) is 0.575. The van der Waals surface area contributed by atoms with Gasteiger partial charge in [-0.3, -0.25) is 0 Å². The van der Waals surface area contributed by atoms with Crippen LogP contribution in [0.3, 0.4) is 0 Å². The molecule has 1 saturated carbocycles. The van der Waals surface area contributed by atoms with Gasteiger partial charge in [0, 0.05) is 0 Å². The Hall–Kier alpha value is 0.210. The standard InChI is InChI=1S/C6H13NO.ClH/c7-4-5-2-1-3-6(5)8;/h5-6,8H,1-4,7H2;1H/t5-,6-;/m0./s1.